The fourth-order valence-electron chi connectivity index (χ4n) is 6.15. The molecule has 14 nitrogen and oxygen atoms in total. The molecule has 1 aromatic carbocycles. The van der Waals surface area contributed by atoms with Gasteiger partial charge in [0.15, 0.2) is 11.5 Å². The molecule has 0 aromatic heterocycles. The third kappa shape index (κ3) is 7.31. The van der Waals surface area contributed by atoms with Crippen molar-refractivity contribution in [2.24, 2.45) is 11.5 Å². The van der Waals surface area contributed by atoms with Gasteiger partial charge in [-0.1, -0.05) is 0 Å². The summed E-state index contributed by atoms with van der Waals surface area (Å²) in [5.41, 5.74) is 11.0. The minimum Gasteiger partial charge on any atom is -0.493 e. The van der Waals surface area contributed by atoms with E-state index in [9.17, 15) is 29.4 Å². The van der Waals surface area contributed by atoms with Crippen molar-refractivity contribution in [2.75, 3.05) is 34.4 Å². The summed E-state index contributed by atoms with van der Waals surface area (Å²) >= 11 is 0. The number of nitrogens with one attached hydrogen (secondary N) is 1. The van der Waals surface area contributed by atoms with Crippen LogP contribution in [0.2, 0.25) is 0 Å². The van der Waals surface area contributed by atoms with Gasteiger partial charge in [-0.25, -0.2) is 0 Å². The van der Waals surface area contributed by atoms with E-state index in [0.717, 1.165) is 0 Å². The van der Waals surface area contributed by atoms with E-state index in [4.69, 9.17) is 25.7 Å². The molecule has 0 saturated carbocycles. The van der Waals surface area contributed by atoms with Crippen LogP contribution in [0.5, 0.6) is 17.2 Å². The fraction of sp³-hybridized carbons (Fsp3) is 0.655. The van der Waals surface area contributed by atoms with E-state index in [1.165, 1.54) is 40.1 Å². The molecule has 0 spiro atoms. The highest BCUT2D eigenvalue weighted by Crippen LogP contribution is 2.43. The molecule has 2 heterocycles. The number of benzene rings is 1. The van der Waals surface area contributed by atoms with Gasteiger partial charge in [-0.15, -0.1) is 0 Å². The Kier molecular flexibility index (Phi) is 11.2. The van der Waals surface area contributed by atoms with Gasteiger partial charge in [-0.3, -0.25) is 19.2 Å². The Hall–Kier alpha value is -3.62. The number of hydrogen-bond donors (Lipinski definition) is 5. The van der Waals surface area contributed by atoms with E-state index in [2.05, 4.69) is 5.32 Å². The van der Waals surface area contributed by atoms with Crippen LogP contribution in [0, 0.1) is 0 Å². The van der Waals surface area contributed by atoms with E-state index in [0.29, 0.717) is 61.6 Å². The zero-order valence-corrected chi connectivity index (χ0v) is 25.5. The Bertz CT molecular complexity index is 1170. The Morgan fingerprint density at radius 3 is 2.16 bits per heavy atom. The summed E-state index contributed by atoms with van der Waals surface area (Å²) in [6, 6.07) is 0.191. The average molecular weight is 608 g/mol. The van der Waals surface area contributed by atoms with E-state index < -0.39 is 53.6 Å². The van der Waals surface area contributed by atoms with Crippen molar-refractivity contribution in [3.63, 3.8) is 0 Å². The Morgan fingerprint density at radius 2 is 1.65 bits per heavy atom. The molecule has 4 unspecified atom stereocenters. The van der Waals surface area contributed by atoms with Crippen LogP contribution in [0.3, 0.4) is 0 Å². The van der Waals surface area contributed by atoms with Crippen LogP contribution in [0.25, 0.3) is 0 Å². The third-order valence-corrected chi connectivity index (χ3v) is 8.34. The number of methoxy groups -OCH3 is 3. The van der Waals surface area contributed by atoms with Crippen LogP contribution < -0.4 is 31.0 Å². The fourth-order valence-corrected chi connectivity index (χ4v) is 6.15. The minimum absolute atomic E-state index is 0.201. The number of amides is 4. The van der Waals surface area contributed by atoms with Crippen molar-refractivity contribution >= 4 is 23.6 Å². The molecule has 43 heavy (non-hydrogen) atoms. The molecule has 7 N–H and O–H groups in total. The number of hydrogen-bond acceptors (Lipinski definition) is 10. The highest BCUT2D eigenvalue weighted by atomic mass is 16.5. The van der Waals surface area contributed by atoms with Crippen molar-refractivity contribution < 1.29 is 43.6 Å². The Balaban J connectivity index is 2.03. The highest BCUT2D eigenvalue weighted by Gasteiger charge is 2.49. The van der Waals surface area contributed by atoms with Crippen LogP contribution in [0.15, 0.2) is 12.1 Å². The lowest BCUT2D eigenvalue weighted by atomic mass is 9.83. The topological polar surface area (TPSA) is 207 Å². The first-order valence-corrected chi connectivity index (χ1v) is 14.4. The summed E-state index contributed by atoms with van der Waals surface area (Å²) < 4.78 is 16.5. The molecule has 0 radical (unpaired) electrons. The number of ether oxygens (including phenoxy) is 3. The molecule has 2 saturated heterocycles. The van der Waals surface area contributed by atoms with Crippen molar-refractivity contribution in [1.29, 1.82) is 0 Å². The number of nitrogens with two attached hydrogens (primary N) is 2. The number of aliphatic hydroxyl groups is 2. The van der Waals surface area contributed by atoms with Crippen LogP contribution in [-0.4, -0.2) is 114 Å². The predicted molar refractivity (Wildman–Crippen MR) is 155 cm³/mol. The standard InChI is InChI=1S/C29H45N5O9/c1-16(35)23(30)28(40)33-10-6-8-19(33)27(39)34-11-7-9-29(34,15-22(37)32-24(17(2)36)26(31)38)14-18-12-20(41-3)25(43-5)21(13-18)42-4/h12-13,16-17,19,23-24,35-36H,6-11,14-15,30H2,1-5H3,(H2,31,38)(H,32,37)/t16?,17?,19-,23?,24?,29+/m0/s1. The van der Waals surface area contributed by atoms with Gasteiger partial charge in [0.25, 0.3) is 0 Å². The molecule has 6 atom stereocenters. The monoisotopic (exact) mass is 607 g/mol. The predicted octanol–water partition coefficient (Wildman–Crippen LogP) is -0.944. The number of primary amides is 1. The second kappa shape index (κ2) is 14.2. The SMILES string of the molecule is COc1cc(C[C@@]2(CC(=O)NC(C(N)=O)C(C)O)CCCN2C(=O)[C@@H]2CCCN2C(=O)C(N)C(C)O)cc(OC)c1OC. The molecular formula is C29H45N5O9. The van der Waals surface area contributed by atoms with Crippen molar-refractivity contribution in [1.82, 2.24) is 15.1 Å². The Morgan fingerprint density at radius 1 is 1.02 bits per heavy atom. The normalized spacial score (nSPS) is 22.8. The molecule has 0 bridgehead atoms. The largest absolute Gasteiger partial charge is 0.493 e. The smallest absolute Gasteiger partial charge is 0.245 e. The summed E-state index contributed by atoms with van der Waals surface area (Å²) in [6.07, 6.45) is -0.328. The first kappa shape index (κ1) is 33.9. The summed E-state index contributed by atoms with van der Waals surface area (Å²) in [5.74, 6) is -1.13. The number of nitrogens with zero attached hydrogens (tertiary/aromatic N) is 2. The molecule has 2 aliphatic heterocycles. The molecule has 1 aromatic rings. The number of rotatable bonds is 13. The lowest BCUT2D eigenvalue weighted by Crippen LogP contribution is -2.59. The second-order valence-electron chi connectivity index (χ2n) is 11.3. The number of aliphatic hydroxyl groups excluding tert-OH is 2. The molecule has 2 fully saturated rings. The molecule has 4 amide bonds. The summed E-state index contributed by atoms with van der Waals surface area (Å²) in [7, 11) is 4.46. The van der Waals surface area contributed by atoms with Gasteiger partial charge in [0, 0.05) is 13.1 Å². The second-order valence-corrected chi connectivity index (χ2v) is 11.3. The van der Waals surface area contributed by atoms with Crippen LogP contribution in [-0.2, 0) is 25.6 Å². The average Bonchev–Trinajstić information content (AvgIpc) is 3.61. The Labute approximate surface area is 251 Å². The third-order valence-electron chi connectivity index (χ3n) is 8.34. The lowest BCUT2D eigenvalue weighted by Gasteiger charge is -2.41. The van der Waals surface area contributed by atoms with Gasteiger partial charge in [0.05, 0.1) is 45.5 Å². The van der Waals surface area contributed by atoms with Crippen molar-refractivity contribution in [3.8, 4) is 17.2 Å². The highest BCUT2D eigenvalue weighted by molar-refractivity contribution is 5.92. The summed E-state index contributed by atoms with van der Waals surface area (Å²) in [5, 5.41) is 22.5. The summed E-state index contributed by atoms with van der Waals surface area (Å²) in [6.45, 7) is 3.41. The zero-order valence-electron chi connectivity index (χ0n) is 25.5. The summed E-state index contributed by atoms with van der Waals surface area (Å²) in [4.78, 5) is 55.7. The zero-order chi connectivity index (χ0) is 32.1. The lowest BCUT2D eigenvalue weighted by molar-refractivity contribution is -0.149. The van der Waals surface area contributed by atoms with Crippen molar-refractivity contribution in [2.45, 2.75) is 88.2 Å². The first-order chi connectivity index (χ1) is 20.3. The maximum Gasteiger partial charge on any atom is 0.245 e. The minimum atomic E-state index is -1.32. The van der Waals surface area contributed by atoms with E-state index in [-0.39, 0.29) is 18.7 Å². The molecule has 14 heteroatoms. The van der Waals surface area contributed by atoms with Crippen LogP contribution in [0.1, 0.15) is 51.5 Å². The van der Waals surface area contributed by atoms with E-state index in [1.54, 1.807) is 17.0 Å². The number of carbonyl (C=O) groups excluding carboxylic acids is 4. The molecule has 2 aliphatic rings. The van der Waals surface area contributed by atoms with Gasteiger partial charge >= 0.3 is 0 Å². The van der Waals surface area contributed by atoms with Crippen molar-refractivity contribution in [3.05, 3.63) is 17.7 Å². The first-order valence-electron chi connectivity index (χ1n) is 14.4. The maximum absolute atomic E-state index is 14.2. The molecule has 3 rings (SSSR count). The van der Waals surface area contributed by atoms with Crippen LogP contribution >= 0.6 is 0 Å². The maximum atomic E-state index is 14.2. The van der Waals surface area contributed by atoms with Gasteiger partial charge in [0.1, 0.15) is 18.1 Å². The van der Waals surface area contributed by atoms with Gasteiger partial charge in [-0.05, 0) is 63.6 Å². The molecule has 240 valence electrons. The van der Waals surface area contributed by atoms with E-state index in [1.807, 2.05) is 0 Å². The van der Waals surface area contributed by atoms with Gasteiger partial charge in [-0.2, -0.15) is 0 Å². The van der Waals surface area contributed by atoms with Crippen LogP contribution in [0.4, 0.5) is 0 Å². The van der Waals surface area contributed by atoms with E-state index >= 15 is 0 Å². The molecule has 0 aliphatic carbocycles. The molecular weight excluding hydrogens is 562 g/mol. The van der Waals surface area contributed by atoms with Gasteiger partial charge < -0.3 is 51.0 Å². The number of carbonyl (C=O) groups is 4. The number of likely N-dealkylation sites (tertiary alicyclic amines) is 2. The van der Waals surface area contributed by atoms with Gasteiger partial charge in [0.2, 0.25) is 29.4 Å². The quantitative estimate of drug-likeness (QED) is 0.186.